The molecule has 0 saturated heterocycles. The third-order valence-corrected chi connectivity index (χ3v) is 2.08. The normalized spacial score (nSPS) is 13.2. The second kappa shape index (κ2) is 5.14. The molecule has 0 aliphatic carbocycles. The van der Waals surface area contributed by atoms with E-state index in [2.05, 4.69) is 17.0 Å². The van der Waals surface area contributed by atoms with Gasteiger partial charge in [0, 0.05) is 6.20 Å². The van der Waals surface area contributed by atoms with Gasteiger partial charge in [0.15, 0.2) is 0 Å². The first-order valence-corrected chi connectivity index (χ1v) is 5.23. The van der Waals surface area contributed by atoms with Crippen LogP contribution in [0.15, 0.2) is 16.8 Å². The molecule has 0 unspecified atom stereocenters. The van der Waals surface area contributed by atoms with Crippen LogP contribution in [0.2, 0.25) is 0 Å². The molecule has 1 N–H and O–H groups in total. The van der Waals surface area contributed by atoms with E-state index in [-0.39, 0.29) is 0 Å². The fourth-order valence-electron chi connectivity index (χ4n) is 0.956. The standard InChI is InChI=1S/C12H22N2O2/c1-9(8-13-7)12(5,6)14-10(15)16-11(2,3)4/h8H,7H2,1-6H3,(H,14,15)/b9-8+. The van der Waals surface area contributed by atoms with Crippen LogP contribution in [0.3, 0.4) is 0 Å². The number of amides is 1. The van der Waals surface area contributed by atoms with Crippen molar-refractivity contribution in [2.75, 3.05) is 0 Å². The van der Waals surface area contributed by atoms with Gasteiger partial charge in [-0.1, -0.05) is 0 Å². The topological polar surface area (TPSA) is 50.7 Å². The van der Waals surface area contributed by atoms with E-state index >= 15 is 0 Å². The molecule has 0 fully saturated rings. The van der Waals surface area contributed by atoms with Crippen LogP contribution in [0.1, 0.15) is 41.5 Å². The SMILES string of the molecule is C=N/C=C(\C)C(C)(C)NC(=O)OC(C)(C)C. The highest BCUT2D eigenvalue weighted by Gasteiger charge is 2.25. The summed E-state index contributed by atoms with van der Waals surface area (Å²) in [5.74, 6) is 0. The summed E-state index contributed by atoms with van der Waals surface area (Å²) in [6.45, 7) is 14.5. The number of aliphatic imine (C=N–C) groups is 1. The van der Waals surface area contributed by atoms with Crippen molar-refractivity contribution in [3.8, 4) is 0 Å². The number of nitrogens with zero attached hydrogens (tertiary/aromatic N) is 1. The largest absolute Gasteiger partial charge is 0.444 e. The quantitative estimate of drug-likeness (QED) is 0.752. The number of carbonyl (C=O) groups is 1. The zero-order valence-electron chi connectivity index (χ0n) is 11.0. The number of alkyl carbamates (subject to hydrolysis) is 1. The second-order valence-corrected chi connectivity index (χ2v) is 5.25. The highest BCUT2D eigenvalue weighted by Crippen LogP contribution is 2.16. The first-order chi connectivity index (χ1) is 7.08. The number of hydrogen-bond acceptors (Lipinski definition) is 3. The number of hydrogen-bond donors (Lipinski definition) is 1. The van der Waals surface area contributed by atoms with Crippen LogP contribution in [-0.4, -0.2) is 24.0 Å². The number of rotatable bonds is 3. The van der Waals surface area contributed by atoms with Crippen molar-refractivity contribution in [1.29, 1.82) is 0 Å². The van der Waals surface area contributed by atoms with E-state index in [4.69, 9.17) is 4.74 Å². The van der Waals surface area contributed by atoms with Gasteiger partial charge in [-0.05, 0) is 53.8 Å². The van der Waals surface area contributed by atoms with Gasteiger partial charge in [0.2, 0.25) is 0 Å². The molecule has 1 amide bonds. The molecule has 0 aliphatic heterocycles. The Kier molecular flexibility index (Phi) is 4.72. The maximum atomic E-state index is 11.6. The lowest BCUT2D eigenvalue weighted by atomic mass is 9.96. The lowest BCUT2D eigenvalue weighted by molar-refractivity contribution is 0.0486. The van der Waals surface area contributed by atoms with Gasteiger partial charge in [0.05, 0.1) is 5.54 Å². The average molecular weight is 226 g/mol. The van der Waals surface area contributed by atoms with Gasteiger partial charge in [-0.25, -0.2) is 4.79 Å². The van der Waals surface area contributed by atoms with Crippen LogP contribution < -0.4 is 5.32 Å². The molecule has 0 aromatic rings. The summed E-state index contributed by atoms with van der Waals surface area (Å²) in [5.41, 5.74) is -0.0776. The molecular weight excluding hydrogens is 204 g/mol. The summed E-state index contributed by atoms with van der Waals surface area (Å²) in [6, 6.07) is 0. The van der Waals surface area contributed by atoms with Crippen molar-refractivity contribution < 1.29 is 9.53 Å². The number of nitrogens with one attached hydrogen (secondary N) is 1. The summed E-state index contributed by atoms with van der Waals surface area (Å²) in [7, 11) is 0. The Morgan fingerprint density at radius 3 is 2.19 bits per heavy atom. The molecule has 0 saturated carbocycles. The fraction of sp³-hybridized carbons (Fsp3) is 0.667. The molecule has 0 radical (unpaired) electrons. The third-order valence-electron chi connectivity index (χ3n) is 2.08. The average Bonchev–Trinajstić information content (AvgIpc) is 1.99. The Balaban J connectivity index is 4.54. The van der Waals surface area contributed by atoms with Gasteiger partial charge in [-0.2, -0.15) is 0 Å². The molecular formula is C12H22N2O2. The Labute approximate surface area is 97.8 Å². The van der Waals surface area contributed by atoms with Gasteiger partial charge in [-0.3, -0.25) is 4.99 Å². The molecule has 4 nitrogen and oxygen atoms in total. The van der Waals surface area contributed by atoms with E-state index in [9.17, 15) is 4.79 Å². The van der Waals surface area contributed by atoms with Crippen molar-refractivity contribution in [3.05, 3.63) is 11.8 Å². The summed E-state index contributed by atoms with van der Waals surface area (Å²) in [5, 5.41) is 2.78. The molecule has 4 heteroatoms. The Morgan fingerprint density at radius 2 is 1.81 bits per heavy atom. The Hall–Kier alpha value is -1.32. The van der Waals surface area contributed by atoms with Crippen LogP contribution in [0.4, 0.5) is 4.79 Å². The Bertz CT molecular complexity index is 299. The van der Waals surface area contributed by atoms with Gasteiger partial charge in [-0.15, -0.1) is 0 Å². The molecule has 16 heavy (non-hydrogen) atoms. The van der Waals surface area contributed by atoms with E-state index in [0.717, 1.165) is 5.57 Å². The minimum Gasteiger partial charge on any atom is -0.444 e. The highest BCUT2D eigenvalue weighted by atomic mass is 16.6. The fourth-order valence-corrected chi connectivity index (χ4v) is 0.956. The summed E-state index contributed by atoms with van der Waals surface area (Å²) in [4.78, 5) is 15.3. The maximum absolute atomic E-state index is 11.6. The summed E-state index contributed by atoms with van der Waals surface area (Å²) in [6.07, 6.45) is 1.19. The predicted octanol–water partition coefficient (Wildman–Crippen LogP) is 2.89. The molecule has 92 valence electrons. The maximum Gasteiger partial charge on any atom is 0.408 e. The highest BCUT2D eigenvalue weighted by molar-refractivity contribution is 5.69. The molecule has 0 bridgehead atoms. The van der Waals surface area contributed by atoms with Crippen molar-refractivity contribution in [2.24, 2.45) is 4.99 Å². The Morgan fingerprint density at radius 1 is 1.31 bits per heavy atom. The summed E-state index contributed by atoms with van der Waals surface area (Å²) < 4.78 is 5.18. The zero-order valence-corrected chi connectivity index (χ0v) is 11.0. The van der Waals surface area contributed by atoms with E-state index < -0.39 is 17.2 Å². The van der Waals surface area contributed by atoms with Gasteiger partial charge in [0.25, 0.3) is 0 Å². The first-order valence-electron chi connectivity index (χ1n) is 5.23. The first kappa shape index (κ1) is 14.7. The van der Waals surface area contributed by atoms with Crippen LogP contribution in [-0.2, 0) is 4.74 Å². The molecule has 0 atom stereocenters. The van der Waals surface area contributed by atoms with E-state index in [1.54, 1.807) is 6.20 Å². The van der Waals surface area contributed by atoms with Crippen LogP contribution in [0.5, 0.6) is 0 Å². The van der Waals surface area contributed by atoms with Crippen molar-refractivity contribution in [2.45, 2.75) is 52.7 Å². The van der Waals surface area contributed by atoms with Gasteiger partial charge in [0.1, 0.15) is 5.60 Å². The van der Waals surface area contributed by atoms with Crippen molar-refractivity contribution in [1.82, 2.24) is 5.32 Å². The minimum absolute atomic E-state index is 0.436. The molecule has 0 aromatic heterocycles. The van der Waals surface area contributed by atoms with Gasteiger partial charge >= 0.3 is 6.09 Å². The van der Waals surface area contributed by atoms with E-state index in [0.29, 0.717) is 0 Å². The van der Waals surface area contributed by atoms with E-state index in [1.807, 2.05) is 41.5 Å². The predicted molar refractivity (Wildman–Crippen MR) is 66.8 cm³/mol. The monoisotopic (exact) mass is 226 g/mol. The molecule has 0 spiro atoms. The van der Waals surface area contributed by atoms with Gasteiger partial charge < -0.3 is 10.1 Å². The van der Waals surface area contributed by atoms with Crippen molar-refractivity contribution >= 4 is 12.8 Å². The molecule has 0 heterocycles. The lowest BCUT2D eigenvalue weighted by Gasteiger charge is -2.29. The minimum atomic E-state index is -0.497. The van der Waals surface area contributed by atoms with Crippen LogP contribution in [0, 0.1) is 0 Å². The number of carbonyl (C=O) groups excluding carboxylic acids is 1. The lowest BCUT2D eigenvalue weighted by Crippen LogP contribution is -2.46. The van der Waals surface area contributed by atoms with Crippen molar-refractivity contribution in [3.63, 3.8) is 0 Å². The zero-order chi connectivity index (χ0) is 13.0. The van der Waals surface area contributed by atoms with Crippen LogP contribution >= 0.6 is 0 Å². The van der Waals surface area contributed by atoms with E-state index in [1.165, 1.54) is 0 Å². The summed E-state index contributed by atoms with van der Waals surface area (Å²) >= 11 is 0. The second-order valence-electron chi connectivity index (χ2n) is 5.25. The molecule has 0 rings (SSSR count). The third kappa shape index (κ3) is 5.53. The molecule has 0 aromatic carbocycles. The van der Waals surface area contributed by atoms with Crippen LogP contribution in [0.25, 0.3) is 0 Å². The molecule has 0 aliphatic rings. The smallest absolute Gasteiger partial charge is 0.408 e. The number of ether oxygens (including phenoxy) is 1.